The molecule has 2 aliphatic carbocycles. The molecule has 7 rings (SSSR count). The summed E-state index contributed by atoms with van der Waals surface area (Å²) in [4.78, 5) is 16.0. The second-order valence-electron chi connectivity index (χ2n) is 14.6. The van der Waals surface area contributed by atoms with E-state index in [1.54, 1.807) is 6.07 Å². The standard InChI is InChI=1S/C39H47ClN2O4S/c1-25-8-6-12-33(37(43)27-9-4-3-5-10-27)32-16-13-30(32)22-42-23-39(19-7-11-28-20-31(40)15-17-34(28)39)24-46-36-18-14-29(21-35(36)42)38(44)41-47(45)26(25)2/h3-5,9-10,14-15,17-18,20-21,25-26,30,32-33,37,43H,6-8,11-13,16,19,22-24H2,1-2H3,(H,41,44). The maximum Gasteiger partial charge on any atom is 0.263 e. The van der Waals surface area contributed by atoms with Crippen molar-refractivity contribution < 1.29 is 18.8 Å². The van der Waals surface area contributed by atoms with Gasteiger partial charge in [-0.25, -0.2) is 4.21 Å². The van der Waals surface area contributed by atoms with Gasteiger partial charge in [-0.05, 0) is 123 Å². The van der Waals surface area contributed by atoms with Crippen molar-refractivity contribution in [1.82, 2.24) is 4.72 Å². The first-order valence-corrected chi connectivity index (χ1v) is 19.1. The number of aliphatic hydroxyl groups is 1. The SMILES string of the molecule is CC1CCCC(C(O)c2ccccc2)C2CCC2CN2CC3(CCCc4cc(Cl)ccc43)COc3ccc(cc32)C(=O)NS(=O)C1C. The molecule has 3 aromatic rings. The van der Waals surface area contributed by atoms with Crippen LogP contribution >= 0.6 is 11.6 Å². The number of hydrogen-bond acceptors (Lipinski definition) is 5. The molecule has 6 nitrogen and oxygen atoms in total. The van der Waals surface area contributed by atoms with Crippen molar-refractivity contribution in [1.29, 1.82) is 0 Å². The van der Waals surface area contributed by atoms with Crippen LogP contribution < -0.4 is 14.4 Å². The third-order valence-corrected chi connectivity index (χ3v) is 13.6. The number of ether oxygens (including phenoxy) is 1. The van der Waals surface area contributed by atoms with Gasteiger partial charge >= 0.3 is 0 Å². The molecule has 1 saturated carbocycles. The Kier molecular flexibility index (Phi) is 9.43. The highest BCUT2D eigenvalue weighted by Gasteiger charge is 2.45. The quantitative estimate of drug-likeness (QED) is 0.290. The highest BCUT2D eigenvalue weighted by molar-refractivity contribution is 7.84. The molecule has 8 atom stereocenters. The molecule has 0 radical (unpaired) electrons. The maximum atomic E-state index is 13.5. The van der Waals surface area contributed by atoms with Gasteiger partial charge in [0.05, 0.1) is 23.6 Å². The van der Waals surface area contributed by atoms with E-state index in [9.17, 15) is 14.1 Å². The number of rotatable bonds is 2. The Morgan fingerprint density at radius 3 is 2.64 bits per heavy atom. The summed E-state index contributed by atoms with van der Waals surface area (Å²) in [6.45, 7) is 6.24. The monoisotopic (exact) mass is 674 g/mol. The first-order valence-electron chi connectivity index (χ1n) is 17.5. The summed E-state index contributed by atoms with van der Waals surface area (Å²) in [6.07, 6.45) is 7.51. The maximum absolute atomic E-state index is 13.5. The minimum atomic E-state index is -1.52. The molecule has 47 heavy (non-hydrogen) atoms. The van der Waals surface area contributed by atoms with Crippen LogP contribution in [0.5, 0.6) is 5.75 Å². The average molecular weight is 675 g/mol. The lowest BCUT2D eigenvalue weighted by Crippen LogP contribution is -2.49. The molecule has 8 unspecified atom stereocenters. The molecule has 250 valence electrons. The number of nitrogens with one attached hydrogen (secondary N) is 1. The van der Waals surface area contributed by atoms with E-state index in [4.69, 9.17) is 16.3 Å². The van der Waals surface area contributed by atoms with Gasteiger partial charge in [-0.2, -0.15) is 0 Å². The minimum absolute atomic E-state index is 0.136. The summed E-state index contributed by atoms with van der Waals surface area (Å²) in [5.74, 6) is 1.55. The fourth-order valence-electron chi connectivity index (χ4n) is 8.79. The van der Waals surface area contributed by atoms with Crippen molar-refractivity contribution in [3.8, 4) is 5.75 Å². The zero-order valence-corrected chi connectivity index (χ0v) is 29.1. The second kappa shape index (κ2) is 13.6. The van der Waals surface area contributed by atoms with Gasteiger partial charge in [-0.1, -0.05) is 61.3 Å². The van der Waals surface area contributed by atoms with Crippen molar-refractivity contribution in [2.24, 2.45) is 23.7 Å². The van der Waals surface area contributed by atoms with Crippen molar-refractivity contribution in [2.75, 3.05) is 24.6 Å². The first kappa shape index (κ1) is 32.7. The molecule has 2 heterocycles. The third kappa shape index (κ3) is 6.48. The minimum Gasteiger partial charge on any atom is -0.490 e. The molecule has 1 amide bonds. The molecule has 3 aromatic carbocycles. The Hall–Kier alpha value is -2.87. The van der Waals surface area contributed by atoms with E-state index >= 15 is 0 Å². The normalized spacial score (nSPS) is 31.7. The number of aryl methyl sites for hydroxylation is 1. The Balaban J connectivity index is 1.29. The molecule has 0 saturated heterocycles. The molecule has 1 spiro atoms. The van der Waals surface area contributed by atoms with Crippen molar-refractivity contribution in [2.45, 2.75) is 82.0 Å². The van der Waals surface area contributed by atoms with E-state index in [1.807, 2.05) is 55.5 Å². The van der Waals surface area contributed by atoms with E-state index in [-0.39, 0.29) is 28.4 Å². The highest BCUT2D eigenvalue weighted by atomic mass is 35.5. The van der Waals surface area contributed by atoms with Crippen LogP contribution in [0.2, 0.25) is 5.02 Å². The van der Waals surface area contributed by atoms with Gasteiger partial charge in [0.1, 0.15) is 16.7 Å². The van der Waals surface area contributed by atoms with Crippen molar-refractivity contribution in [3.63, 3.8) is 0 Å². The van der Waals surface area contributed by atoms with E-state index in [2.05, 4.69) is 28.7 Å². The average Bonchev–Trinajstić information content (AvgIpc) is 3.22. The molecule has 2 aliphatic heterocycles. The lowest BCUT2D eigenvalue weighted by atomic mass is 9.63. The number of hydrogen-bond donors (Lipinski definition) is 2. The Morgan fingerprint density at radius 1 is 1.02 bits per heavy atom. The van der Waals surface area contributed by atoms with Gasteiger partial charge in [-0.3, -0.25) is 9.52 Å². The van der Waals surface area contributed by atoms with Gasteiger partial charge in [0.15, 0.2) is 0 Å². The van der Waals surface area contributed by atoms with E-state index in [0.717, 1.165) is 86.5 Å². The van der Waals surface area contributed by atoms with Crippen LogP contribution in [0.1, 0.15) is 91.9 Å². The fourth-order valence-corrected chi connectivity index (χ4v) is 10.0. The lowest BCUT2D eigenvalue weighted by molar-refractivity contribution is 0.000606. The van der Waals surface area contributed by atoms with Crippen LogP contribution in [0, 0.1) is 23.7 Å². The third-order valence-electron chi connectivity index (χ3n) is 11.9. The number of benzene rings is 3. The number of amides is 1. The van der Waals surface area contributed by atoms with Gasteiger partial charge in [0.25, 0.3) is 5.91 Å². The molecule has 1 fully saturated rings. The van der Waals surface area contributed by atoms with Crippen LogP contribution in [0.3, 0.4) is 0 Å². The number of anilines is 1. The summed E-state index contributed by atoms with van der Waals surface area (Å²) in [5, 5.41) is 12.4. The molecule has 0 aromatic heterocycles. The van der Waals surface area contributed by atoms with Crippen LogP contribution in [-0.4, -0.2) is 40.2 Å². The topological polar surface area (TPSA) is 78.9 Å². The summed E-state index contributed by atoms with van der Waals surface area (Å²) >= 11 is 6.47. The van der Waals surface area contributed by atoms with Crippen LogP contribution in [0.15, 0.2) is 66.7 Å². The molecule has 2 bridgehead atoms. The molecular formula is C39H47ClN2O4S. The number of carbonyl (C=O) groups is 1. The summed E-state index contributed by atoms with van der Waals surface area (Å²) in [6, 6.07) is 22.1. The molecule has 4 aliphatic rings. The summed E-state index contributed by atoms with van der Waals surface area (Å²) < 4.78 is 22.9. The van der Waals surface area contributed by atoms with Gasteiger partial charge in [0, 0.05) is 29.1 Å². The van der Waals surface area contributed by atoms with E-state index < -0.39 is 17.1 Å². The second-order valence-corrected chi connectivity index (χ2v) is 16.6. The molecule has 8 heteroatoms. The van der Waals surface area contributed by atoms with E-state index in [1.165, 1.54) is 11.1 Å². The number of halogens is 1. The number of carbonyl (C=O) groups excluding carboxylic acids is 1. The van der Waals surface area contributed by atoms with Crippen molar-refractivity contribution in [3.05, 3.63) is 94.0 Å². The molecule has 2 N–H and O–H groups in total. The fraction of sp³-hybridized carbons (Fsp3) is 0.513. The number of fused-ring (bicyclic) bond motifs is 4. The highest BCUT2D eigenvalue weighted by Crippen LogP contribution is 2.50. The summed E-state index contributed by atoms with van der Waals surface area (Å²) in [7, 11) is -1.52. The smallest absolute Gasteiger partial charge is 0.263 e. The van der Waals surface area contributed by atoms with Gasteiger partial charge < -0.3 is 14.7 Å². The van der Waals surface area contributed by atoms with Crippen molar-refractivity contribution >= 4 is 34.2 Å². The lowest BCUT2D eigenvalue weighted by Gasteiger charge is -2.48. The Bertz CT molecular complexity index is 1630. The zero-order chi connectivity index (χ0) is 32.7. The molecular weight excluding hydrogens is 628 g/mol. The number of nitrogens with zero attached hydrogens (tertiary/aromatic N) is 1. The Labute approximate surface area is 286 Å². The predicted octanol–water partition coefficient (Wildman–Crippen LogP) is 7.79. The van der Waals surface area contributed by atoms with Crippen LogP contribution in [0.25, 0.3) is 0 Å². The van der Waals surface area contributed by atoms with Gasteiger partial charge in [-0.15, -0.1) is 0 Å². The Morgan fingerprint density at radius 2 is 1.85 bits per heavy atom. The number of aliphatic hydroxyl groups excluding tert-OH is 1. The first-order chi connectivity index (χ1) is 22.7. The van der Waals surface area contributed by atoms with Crippen LogP contribution in [0.4, 0.5) is 5.69 Å². The summed E-state index contributed by atoms with van der Waals surface area (Å²) in [5.41, 5.74) is 4.79. The van der Waals surface area contributed by atoms with E-state index in [0.29, 0.717) is 24.0 Å². The largest absolute Gasteiger partial charge is 0.490 e. The van der Waals surface area contributed by atoms with Crippen LogP contribution in [-0.2, 0) is 22.8 Å². The predicted molar refractivity (Wildman–Crippen MR) is 189 cm³/mol. The zero-order valence-electron chi connectivity index (χ0n) is 27.5. The van der Waals surface area contributed by atoms with Gasteiger partial charge in [0.2, 0.25) is 0 Å².